The lowest BCUT2D eigenvalue weighted by atomic mass is 10.1. The van der Waals surface area contributed by atoms with E-state index in [9.17, 15) is 9.59 Å². The topological polar surface area (TPSA) is 88.8 Å². The highest BCUT2D eigenvalue weighted by atomic mass is 16.5. The first-order valence-corrected chi connectivity index (χ1v) is 8.23. The van der Waals surface area contributed by atoms with Crippen LogP contribution in [0.3, 0.4) is 0 Å². The average Bonchev–Trinajstić information content (AvgIpc) is 2.63. The van der Waals surface area contributed by atoms with Crippen LogP contribution in [0.1, 0.15) is 21.5 Å². The zero-order valence-electron chi connectivity index (χ0n) is 14.3. The number of hydrogen-bond donors (Lipinski definition) is 2. The van der Waals surface area contributed by atoms with Crippen LogP contribution in [0.5, 0.6) is 0 Å². The second kappa shape index (κ2) is 7.84. The fourth-order valence-electron chi connectivity index (χ4n) is 2.68. The zero-order valence-corrected chi connectivity index (χ0v) is 14.3. The van der Waals surface area contributed by atoms with Gasteiger partial charge in [-0.25, -0.2) is 9.59 Å². The highest BCUT2D eigenvalue weighted by molar-refractivity contribution is 5.95. The first kappa shape index (κ1) is 17.7. The molecular weight excluding hydrogens is 334 g/mol. The van der Waals surface area contributed by atoms with Gasteiger partial charge in [-0.15, -0.1) is 0 Å². The molecule has 2 N–H and O–H groups in total. The molecule has 6 heteroatoms. The third-order valence-electron chi connectivity index (χ3n) is 3.92. The van der Waals surface area contributed by atoms with Gasteiger partial charge in [0.05, 0.1) is 12.2 Å². The van der Waals surface area contributed by atoms with E-state index < -0.39 is 11.6 Å². The molecule has 26 heavy (non-hydrogen) atoms. The summed E-state index contributed by atoms with van der Waals surface area (Å²) in [6.45, 7) is 2.14. The summed E-state index contributed by atoms with van der Waals surface area (Å²) in [7, 11) is 0. The maximum Gasteiger partial charge on any atom is 0.340 e. The normalized spacial score (nSPS) is 10.7. The molecule has 6 nitrogen and oxygen atoms in total. The van der Waals surface area contributed by atoms with Crippen LogP contribution in [0.2, 0.25) is 0 Å². The molecule has 0 unspecified atom stereocenters. The van der Waals surface area contributed by atoms with Crippen LogP contribution in [0.15, 0.2) is 57.7 Å². The second-order valence-corrected chi connectivity index (χ2v) is 5.86. The van der Waals surface area contributed by atoms with Crippen LogP contribution in [-0.2, 0) is 11.3 Å². The maximum absolute atomic E-state index is 12.5. The van der Waals surface area contributed by atoms with Gasteiger partial charge >= 0.3 is 11.6 Å². The Morgan fingerprint density at radius 3 is 2.81 bits per heavy atom. The van der Waals surface area contributed by atoms with E-state index in [0.29, 0.717) is 28.9 Å². The van der Waals surface area contributed by atoms with Crippen molar-refractivity contribution in [3.63, 3.8) is 0 Å². The number of aliphatic hydroxyl groups excluding tert-OH is 1. The van der Waals surface area contributed by atoms with Gasteiger partial charge in [-0.3, -0.25) is 0 Å². The minimum atomic E-state index is -0.514. The molecule has 0 spiro atoms. The lowest BCUT2D eigenvalue weighted by Crippen LogP contribution is -2.13. The molecule has 0 fully saturated rings. The molecule has 1 aromatic heterocycles. The molecule has 0 atom stereocenters. The molecule has 134 valence electrons. The van der Waals surface area contributed by atoms with Crippen LogP contribution in [0, 0.1) is 6.92 Å². The van der Waals surface area contributed by atoms with E-state index in [1.54, 1.807) is 30.3 Å². The van der Waals surface area contributed by atoms with Gasteiger partial charge < -0.3 is 19.6 Å². The molecule has 0 saturated heterocycles. The molecule has 0 aliphatic rings. The number of ether oxygens (including phenoxy) is 1. The number of nitrogens with one attached hydrogen (secondary N) is 1. The van der Waals surface area contributed by atoms with Gasteiger partial charge in [0.1, 0.15) is 12.2 Å². The number of aliphatic hydroxyl groups is 1. The van der Waals surface area contributed by atoms with Crippen molar-refractivity contribution in [2.45, 2.75) is 13.5 Å². The summed E-state index contributed by atoms with van der Waals surface area (Å²) < 4.78 is 10.6. The van der Waals surface area contributed by atoms with Crippen molar-refractivity contribution in [1.29, 1.82) is 0 Å². The number of aryl methyl sites for hydroxylation is 1. The number of hydrogen-bond acceptors (Lipinski definition) is 6. The summed E-state index contributed by atoms with van der Waals surface area (Å²) in [4.78, 5) is 24.2. The highest BCUT2D eigenvalue weighted by Crippen LogP contribution is 2.21. The number of rotatable bonds is 6. The van der Waals surface area contributed by atoms with E-state index in [4.69, 9.17) is 14.3 Å². The average molecular weight is 353 g/mol. The van der Waals surface area contributed by atoms with Gasteiger partial charge in [0.2, 0.25) is 0 Å². The number of carbonyl (C=O) groups excluding carboxylic acids is 1. The van der Waals surface area contributed by atoms with Gasteiger partial charge in [-0.1, -0.05) is 24.3 Å². The lowest BCUT2D eigenvalue weighted by Gasteiger charge is -2.11. The molecule has 1 heterocycles. The summed E-state index contributed by atoms with van der Waals surface area (Å²) in [5.41, 5.74) is 2.49. The van der Waals surface area contributed by atoms with Crippen LogP contribution < -0.4 is 10.9 Å². The van der Waals surface area contributed by atoms with Crippen LogP contribution in [0.4, 0.5) is 5.69 Å². The van der Waals surface area contributed by atoms with Gasteiger partial charge in [0.25, 0.3) is 0 Å². The summed E-state index contributed by atoms with van der Waals surface area (Å²) in [6.07, 6.45) is 0. The number of anilines is 1. The quantitative estimate of drug-likeness (QED) is 0.523. The monoisotopic (exact) mass is 353 g/mol. The Bertz CT molecular complexity index is 993. The van der Waals surface area contributed by atoms with Crippen molar-refractivity contribution in [2.75, 3.05) is 18.5 Å². The number of benzene rings is 2. The van der Waals surface area contributed by atoms with Crippen molar-refractivity contribution in [2.24, 2.45) is 0 Å². The number of fused-ring (bicyclic) bond motifs is 1. The molecular formula is C20H19NO5. The van der Waals surface area contributed by atoms with Gasteiger partial charge in [-0.2, -0.15) is 0 Å². The van der Waals surface area contributed by atoms with Gasteiger partial charge in [0, 0.05) is 29.2 Å². The third-order valence-corrected chi connectivity index (χ3v) is 3.92. The Morgan fingerprint density at radius 2 is 2.00 bits per heavy atom. The molecule has 0 bridgehead atoms. The smallest absolute Gasteiger partial charge is 0.340 e. The molecule has 0 amide bonds. The Labute approximate surface area is 150 Å². The first-order chi connectivity index (χ1) is 12.6. The Kier molecular flexibility index (Phi) is 5.34. The molecule has 0 aliphatic heterocycles. The van der Waals surface area contributed by atoms with Crippen LogP contribution in [-0.4, -0.2) is 24.2 Å². The molecule has 0 aliphatic carbocycles. The second-order valence-electron chi connectivity index (χ2n) is 5.86. The predicted molar refractivity (Wildman–Crippen MR) is 98.4 cm³/mol. The van der Waals surface area contributed by atoms with E-state index in [2.05, 4.69) is 5.32 Å². The van der Waals surface area contributed by atoms with Crippen molar-refractivity contribution < 1.29 is 19.1 Å². The molecule has 3 rings (SSSR count). The van der Waals surface area contributed by atoms with Crippen molar-refractivity contribution in [3.8, 4) is 0 Å². The van der Waals surface area contributed by atoms with Crippen molar-refractivity contribution in [3.05, 3.63) is 75.6 Å². The molecule has 3 aromatic rings. The van der Waals surface area contributed by atoms with Crippen LogP contribution in [0.25, 0.3) is 11.0 Å². The molecule has 2 aromatic carbocycles. The summed E-state index contributed by atoms with van der Waals surface area (Å²) in [5.74, 6) is -0.514. The molecule has 0 radical (unpaired) electrons. The number of carbonyl (C=O) groups is 1. The predicted octanol–water partition coefficient (Wildman–Crippen LogP) is 2.86. The van der Waals surface area contributed by atoms with Crippen molar-refractivity contribution >= 4 is 22.6 Å². The Balaban J connectivity index is 1.83. The first-order valence-electron chi connectivity index (χ1n) is 8.23. The fraction of sp³-hybridized carbons (Fsp3) is 0.200. The summed E-state index contributed by atoms with van der Waals surface area (Å²) in [6, 6.07) is 13.8. The van der Waals surface area contributed by atoms with E-state index in [0.717, 1.165) is 10.9 Å². The van der Waals surface area contributed by atoms with E-state index in [1.807, 2.05) is 19.1 Å². The third kappa shape index (κ3) is 3.92. The number of esters is 1. The SMILES string of the molecule is Cc1ccc2c(COC(=O)c3ccccc3NCCO)cc(=O)oc2c1. The van der Waals surface area contributed by atoms with E-state index in [-0.39, 0.29) is 13.2 Å². The summed E-state index contributed by atoms with van der Waals surface area (Å²) >= 11 is 0. The zero-order chi connectivity index (χ0) is 18.5. The number of para-hydroxylation sites is 1. The minimum Gasteiger partial charge on any atom is -0.457 e. The minimum absolute atomic E-state index is 0.0433. The van der Waals surface area contributed by atoms with Gasteiger partial charge in [-0.05, 0) is 30.7 Å². The Morgan fingerprint density at radius 1 is 1.19 bits per heavy atom. The van der Waals surface area contributed by atoms with E-state index in [1.165, 1.54) is 6.07 Å². The molecule has 0 saturated carbocycles. The standard InChI is InChI=1S/C20H19NO5/c1-13-6-7-15-14(11-19(23)26-18(15)10-13)12-25-20(24)16-4-2-3-5-17(16)21-8-9-22/h2-7,10-11,21-22H,8-9,12H2,1H3. The fourth-order valence-corrected chi connectivity index (χ4v) is 2.68. The lowest BCUT2D eigenvalue weighted by molar-refractivity contribution is 0.0475. The Hall–Kier alpha value is -3.12. The van der Waals surface area contributed by atoms with Crippen molar-refractivity contribution in [1.82, 2.24) is 0 Å². The van der Waals surface area contributed by atoms with Crippen LogP contribution >= 0.6 is 0 Å². The maximum atomic E-state index is 12.5. The largest absolute Gasteiger partial charge is 0.457 e. The highest BCUT2D eigenvalue weighted by Gasteiger charge is 2.14. The van der Waals surface area contributed by atoms with Gasteiger partial charge in [0.15, 0.2) is 0 Å². The van der Waals surface area contributed by atoms with E-state index >= 15 is 0 Å². The summed E-state index contributed by atoms with van der Waals surface area (Å²) in [5, 5.41) is 12.6.